The van der Waals surface area contributed by atoms with E-state index in [0.717, 1.165) is 6.42 Å². The van der Waals surface area contributed by atoms with Crippen molar-refractivity contribution < 1.29 is 4.79 Å². The van der Waals surface area contributed by atoms with E-state index in [2.05, 4.69) is 31.1 Å². The van der Waals surface area contributed by atoms with E-state index in [-0.39, 0.29) is 16.9 Å². The van der Waals surface area contributed by atoms with Crippen molar-refractivity contribution in [3.05, 3.63) is 23.9 Å². The van der Waals surface area contributed by atoms with Gasteiger partial charge in [0, 0.05) is 11.7 Å². The number of nitrogens with one attached hydrogen (secondary N) is 1. The summed E-state index contributed by atoms with van der Waals surface area (Å²) in [6.07, 6.45) is 2.39. The van der Waals surface area contributed by atoms with Crippen LogP contribution in [0.15, 0.2) is 18.3 Å². The Morgan fingerprint density at radius 3 is 2.33 bits per heavy atom. The fourth-order valence-corrected chi connectivity index (χ4v) is 2.29. The standard InChI is InChI=1S/C14H23N3O/c1-13(2,3)9-14(4,5)17-12(18)10-6-7-11(15)16-8-10/h6-8H,9H2,1-5H3,(H2,15,16)(H,17,18). The molecule has 0 atom stereocenters. The van der Waals surface area contributed by atoms with Crippen LogP contribution in [0, 0.1) is 5.41 Å². The van der Waals surface area contributed by atoms with E-state index >= 15 is 0 Å². The molecule has 4 heteroatoms. The van der Waals surface area contributed by atoms with Gasteiger partial charge in [-0.3, -0.25) is 4.79 Å². The zero-order chi connectivity index (χ0) is 14.0. The third-order valence-corrected chi connectivity index (χ3v) is 2.47. The second-order valence-corrected chi connectivity index (χ2v) is 6.55. The highest BCUT2D eigenvalue weighted by Gasteiger charge is 2.27. The zero-order valence-electron chi connectivity index (χ0n) is 11.9. The first-order valence-electron chi connectivity index (χ1n) is 6.13. The number of amides is 1. The van der Waals surface area contributed by atoms with E-state index < -0.39 is 0 Å². The van der Waals surface area contributed by atoms with Gasteiger partial charge in [-0.15, -0.1) is 0 Å². The first kappa shape index (κ1) is 14.5. The Kier molecular flexibility index (Phi) is 3.99. The van der Waals surface area contributed by atoms with Crippen LogP contribution in [-0.4, -0.2) is 16.4 Å². The Hall–Kier alpha value is -1.58. The molecule has 0 aromatic carbocycles. The largest absolute Gasteiger partial charge is 0.384 e. The molecule has 0 saturated carbocycles. The van der Waals surface area contributed by atoms with Gasteiger partial charge in [0.1, 0.15) is 5.82 Å². The van der Waals surface area contributed by atoms with Crippen LogP contribution in [0.1, 0.15) is 51.4 Å². The Balaban J connectivity index is 2.72. The van der Waals surface area contributed by atoms with Crippen molar-refractivity contribution in [2.75, 3.05) is 5.73 Å². The van der Waals surface area contributed by atoms with Crippen molar-refractivity contribution in [1.29, 1.82) is 0 Å². The van der Waals surface area contributed by atoms with E-state index in [9.17, 15) is 4.79 Å². The van der Waals surface area contributed by atoms with Gasteiger partial charge in [0.05, 0.1) is 5.56 Å². The SMILES string of the molecule is CC(C)(C)CC(C)(C)NC(=O)c1ccc(N)nc1. The number of nitrogens with two attached hydrogens (primary N) is 1. The molecule has 1 aromatic heterocycles. The summed E-state index contributed by atoms with van der Waals surface area (Å²) < 4.78 is 0. The first-order valence-corrected chi connectivity index (χ1v) is 6.13. The van der Waals surface area contributed by atoms with Gasteiger partial charge in [-0.1, -0.05) is 20.8 Å². The normalized spacial score (nSPS) is 12.3. The monoisotopic (exact) mass is 249 g/mol. The van der Waals surface area contributed by atoms with Crippen molar-refractivity contribution in [3.63, 3.8) is 0 Å². The van der Waals surface area contributed by atoms with Crippen LogP contribution >= 0.6 is 0 Å². The molecule has 0 radical (unpaired) electrons. The number of carbonyl (C=O) groups is 1. The molecule has 0 unspecified atom stereocenters. The predicted molar refractivity (Wildman–Crippen MR) is 74.3 cm³/mol. The maximum Gasteiger partial charge on any atom is 0.253 e. The van der Waals surface area contributed by atoms with Gasteiger partial charge in [0.25, 0.3) is 5.91 Å². The third kappa shape index (κ3) is 4.73. The minimum Gasteiger partial charge on any atom is -0.384 e. The number of hydrogen-bond donors (Lipinski definition) is 2. The molecule has 0 spiro atoms. The van der Waals surface area contributed by atoms with Crippen molar-refractivity contribution in [1.82, 2.24) is 10.3 Å². The highest BCUT2D eigenvalue weighted by atomic mass is 16.1. The van der Waals surface area contributed by atoms with Crippen molar-refractivity contribution in [2.45, 2.75) is 46.6 Å². The lowest BCUT2D eigenvalue weighted by Crippen LogP contribution is -2.45. The highest BCUT2D eigenvalue weighted by molar-refractivity contribution is 5.94. The Morgan fingerprint density at radius 1 is 1.28 bits per heavy atom. The predicted octanol–water partition coefficient (Wildman–Crippen LogP) is 2.61. The number of nitrogens with zero attached hydrogens (tertiary/aromatic N) is 1. The molecular weight excluding hydrogens is 226 g/mol. The average molecular weight is 249 g/mol. The molecule has 1 amide bonds. The number of rotatable bonds is 3. The molecule has 0 saturated heterocycles. The molecule has 1 aromatic rings. The molecule has 100 valence electrons. The van der Waals surface area contributed by atoms with E-state index in [1.807, 2.05) is 13.8 Å². The van der Waals surface area contributed by atoms with Crippen LogP contribution in [0.25, 0.3) is 0 Å². The van der Waals surface area contributed by atoms with Crippen LogP contribution in [0.5, 0.6) is 0 Å². The van der Waals surface area contributed by atoms with Crippen molar-refractivity contribution >= 4 is 11.7 Å². The van der Waals surface area contributed by atoms with E-state index in [1.165, 1.54) is 6.20 Å². The summed E-state index contributed by atoms with van der Waals surface area (Å²) in [4.78, 5) is 16.0. The van der Waals surface area contributed by atoms with Crippen LogP contribution in [-0.2, 0) is 0 Å². The minimum absolute atomic E-state index is 0.114. The Morgan fingerprint density at radius 2 is 1.89 bits per heavy atom. The Bertz CT molecular complexity index is 416. The fourth-order valence-electron chi connectivity index (χ4n) is 2.29. The van der Waals surface area contributed by atoms with Gasteiger partial charge in [0.15, 0.2) is 0 Å². The van der Waals surface area contributed by atoms with Crippen LogP contribution in [0.4, 0.5) is 5.82 Å². The van der Waals surface area contributed by atoms with Gasteiger partial charge < -0.3 is 11.1 Å². The summed E-state index contributed by atoms with van der Waals surface area (Å²) in [5.74, 6) is 0.303. The van der Waals surface area contributed by atoms with E-state index in [4.69, 9.17) is 5.73 Å². The molecule has 4 nitrogen and oxygen atoms in total. The number of anilines is 1. The van der Waals surface area contributed by atoms with Crippen molar-refractivity contribution in [2.24, 2.45) is 5.41 Å². The summed E-state index contributed by atoms with van der Waals surface area (Å²) in [5, 5.41) is 3.03. The number of aromatic nitrogens is 1. The molecule has 1 rings (SSSR count). The van der Waals surface area contributed by atoms with E-state index in [1.54, 1.807) is 12.1 Å². The molecule has 0 aliphatic rings. The molecule has 0 aliphatic heterocycles. The van der Waals surface area contributed by atoms with Crippen LogP contribution < -0.4 is 11.1 Å². The topological polar surface area (TPSA) is 68.0 Å². The number of nitrogen functional groups attached to an aromatic ring is 1. The highest BCUT2D eigenvalue weighted by Crippen LogP contribution is 2.26. The van der Waals surface area contributed by atoms with Gasteiger partial charge in [-0.2, -0.15) is 0 Å². The maximum absolute atomic E-state index is 12.1. The lowest BCUT2D eigenvalue weighted by atomic mass is 9.81. The minimum atomic E-state index is -0.253. The van der Waals surface area contributed by atoms with Gasteiger partial charge in [0.2, 0.25) is 0 Å². The second-order valence-electron chi connectivity index (χ2n) is 6.55. The number of hydrogen-bond acceptors (Lipinski definition) is 3. The Labute approximate surface area is 109 Å². The van der Waals surface area contributed by atoms with E-state index in [0.29, 0.717) is 11.4 Å². The second kappa shape index (κ2) is 4.96. The molecule has 3 N–H and O–H groups in total. The maximum atomic E-state index is 12.1. The third-order valence-electron chi connectivity index (χ3n) is 2.47. The molecule has 0 fully saturated rings. The molecule has 0 bridgehead atoms. The van der Waals surface area contributed by atoms with Crippen molar-refractivity contribution in [3.8, 4) is 0 Å². The van der Waals surface area contributed by atoms with Gasteiger partial charge >= 0.3 is 0 Å². The zero-order valence-corrected chi connectivity index (χ0v) is 11.9. The lowest BCUT2D eigenvalue weighted by Gasteiger charge is -2.33. The molecule has 0 aliphatic carbocycles. The fraction of sp³-hybridized carbons (Fsp3) is 0.571. The quantitative estimate of drug-likeness (QED) is 0.865. The average Bonchev–Trinajstić information content (AvgIpc) is 2.13. The molecule has 18 heavy (non-hydrogen) atoms. The van der Waals surface area contributed by atoms with Gasteiger partial charge in [-0.05, 0) is 37.8 Å². The summed E-state index contributed by atoms with van der Waals surface area (Å²) in [5.41, 5.74) is 5.94. The lowest BCUT2D eigenvalue weighted by molar-refractivity contribution is 0.0891. The van der Waals surface area contributed by atoms with Gasteiger partial charge in [-0.25, -0.2) is 4.98 Å². The van der Waals surface area contributed by atoms with Crippen LogP contribution in [0.3, 0.4) is 0 Å². The summed E-state index contributed by atoms with van der Waals surface area (Å²) in [6.45, 7) is 10.5. The summed E-state index contributed by atoms with van der Waals surface area (Å²) in [6, 6.07) is 3.32. The molecular formula is C14H23N3O. The number of carbonyl (C=O) groups excluding carboxylic acids is 1. The molecule has 1 heterocycles. The first-order chi connectivity index (χ1) is 8.09. The summed E-state index contributed by atoms with van der Waals surface area (Å²) in [7, 11) is 0. The summed E-state index contributed by atoms with van der Waals surface area (Å²) >= 11 is 0. The smallest absolute Gasteiger partial charge is 0.253 e. The van der Waals surface area contributed by atoms with Crippen LogP contribution in [0.2, 0.25) is 0 Å². The number of pyridine rings is 1.